The molecule has 3 rings (SSSR count). The maximum Gasteiger partial charge on any atom is 0.253 e. The fourth-order valence-electron chi connectivity index (χ4n) is 3.88. The lowest BCUT2D eigenvalue weighted by Gasteiger charge is -2.32. The summed E-state index contributed by atoms with van der Waals surface area (Å²) in [6, 6.07) is 7.41. The molecule has 0 bridgehead atoms. The van der Waals surface area contributed by atoms with E-state index in [1.165, 1.54) is 0 Å². The summed E-state index contributed by atoms with van der Waals surface area (Å²) >= 11 is 0. The molecule has 29 heavy (non-hydrogen) atoms. The number of likely N-dealkylation sites (N-methyl/N-ethyl adjacent to an activating group) is 1. The van der Waals surface area contributed by atoms with E-state index in [0.717, 1.165) is 57.4 Å². The molecule has 0 radical (unpaired) electrons. The Morgan fingerprint density at radius 2 is 1.62 bits per heavy atom. The molecule has 158 valence electrons. The Labute approximate surface area is 172 Å². The third kappa shape index (κ3) is 6.29. The van der Waals surface area contributed by atoms with Gasteiger partial charge in [0.2, 0.25) is 11.8 Å². The minimum absolute atomic E-state index is 0.0617. The molecule has 0 atom stereocenters. The van der Waals surface area contributed by atoms with Crippen LogP contribution in [0, 0.1) is 5.92 Å². The van der Waals surface area contributed by atoms with E-state index >= 15 is 0 Å². The van der Waals surface area contributed by atoms with Crippen LogP contribution in [-0.2, 0) is 16.1 Å². The second-order valence-electron chi connectivity index (χ2n) is 8.09. The SMILES string of the molecule is CN1CCN(C(=O)c2ccc(CNC(=O)CCNC(=O)C3CCCC3)cc2)CC1. The lowest BCUT2D eigenvalue weighted by molar-refractivity contribution is -0.125. The molecule has 0 spiro atoms. The van der Waals surface area contributed by atoms with Gasteiger partial charge in [-0.1, -0.05) is 25.0 Å². The van der Waals surface area contributed by atoms with Crippen molar-refractivity contribution in [3.05, 3.63) is 35.4 Å². The van der Waals surface area contributed by atoms with Crippen molar-refractivity contribution in [1.29, 1.82) is 0 Å². The van der Waals surface area contributed by atoms with Crippen molar-refractivity contribution in [3.8, 4) is 0 Å². The van der Waals surface area contributed by atoms with Gasteiger partial charge in [-0.15, -0.1) is 0 Å². The number of nitrogens with zero attached hydrogens (tertiary/aromatic N) is 2. The van der Waals surface area contributed by atoms with Gasteiger partial charge < -0.3 is 20.4 Å². The topological polar surface area (TPSA) is 81.8 Å². The van der Waals surface area contributed by atoms with Crippen LogP contribution in [0.4, 0.5) is 0 Å². The number of hydrogen-bond donors (Lipinski definition) is 2. The van der Waals surface area contributed by atoms with E-state index in [2.05, 4.69) is 22.6 Å². The Hall–Kier alpha value is -2.41. The lowest BCUT2D eigenvalue weighted by Crippen LogP contribution is -2.47. The number of hydrogen-bond acceptors (Lipinski definition) is 4. The third-order valence-corrected chi connectivity index (χ3v) is 5.86. The predicted molar refractivity (Wildman–Crippen MR) is 111 cm³/mol. The molecule has 2 N–H and O–H groups in total. The van der Waals surface area contributed by atoms with Gasteiger partial charge >= 0.3 is 0 Å². The molecule has 2 aliphatic rings. The van der Waals surface area contributed by atoms with Crippen LogP contribution >= 0.6 is 0 Å². The van der Waals surface area contributed by atoms with Crippen molar-refractivity contribution in [3.63, 3.8) is 0 Å². The molecular formula is C22H32N4O3. The Morgan fingerprint density at radius 1 is 0.966 bits per heavy atom. The quantitative estimate of drug-likeness (QED) is 0.725. The van der Waals surface area contributed by atoms with E-state index in [-0.39, 0.29) is 30.1 Å². The first-order chi connectivity index (χ1) is 14.0. The number of piperazine rings is 1. The van der Waals surface area contributed by atoms with E-state index in [1.807, 2.05) is 29.2 Å². The Kier molecular flexibility index (Phi) is 7.63. The largest absolute Gasteiger partial charge is 0.355 e. The second-order valence-corrected chi connectivity index (χ2v) is 8.09. The van der Waals surface area contributed by atoms with E-state index < -0.39 is 0 Å². The number of amides is 3. The molecule has 1 aromatic rings. The zero-order valence-corrected chi connectivity index (χ0v) is 17.3. The first-order valence-electron chi connectivity index (χ1n) is 10.6. The van der Waals surface area contributed by atoms with Gasteiger partial charge in [-0.3, -0.25) is 14.4 Å². The number of rotatable bonds is 7. The van der Waals surface area contributed by atoms with E-state index in [1.54, 1.807) is 0 Å². The van der Waals surface area contributed by atoms with Gasteiger partial charge in [0.15, 0.2) is 0 Å². The fraction of sp³-hybridized carbons (Fsp3) is 0.591. The van der Waals surface area contributed by atoms with Gasteiger partial charge in [0, 0.05) is 57.2 Å². The standard InChI is InChI=1S/C22H32N4O3/c1-25-12-14-26(15-13-25)22(29)19-8-6-17(7-9-19)16-24-20(27)10-11-23-21(28)18-4-2-3-5-18/h6-9,18H,2-5,10-16H2,1H3,(H,23,28)(H,24,27). The van der Waals surface area contributed by atoms with Gasteiger partial charge in [-0.25, -0.2) is 0 Å². The predicted octanol–water partition coefficient (Wildman–Crippen LogP) is 1.39. The normalized spacial score (nSPS) is 17.9. The van der Waals surface area contributed by atoms with E-state index in [9.17, 15) is 14.4 Å². The van der Waals surface area contributed by atoms with Gasteiger partial charge in [0.1, 0.15) is 0 Å². The van der Waals surface area contributed by atoms with Crippen LogP contribution in [0.15, 0.2) is 24.3 Å². The molecule has 1 saturated carbocycles. The second kappa shape index (κ2) is 10.4. The third-order valence-electron chi connectivity index (χ3n) is 5.86. The van der Waals surface area contributed by atoms with E-state index in [4.69, 9.17) is 0 Å². The smallest absolute Gasteiger partial charge is 0.253 e. The molecule has 1 aromatic carbocycles. The summed E-state index contributed by atoms with van der Waals surface area (Å²) in [6.45, 7) is 4.10. The highest BCUT2D eigenvalue weighted by Gasteiger charge is 2.22. The Balaban J connectivity index is 1.36. The van der Waals surface area contributed by atoms with E-state index in [0.29, 0.717) is 18.7 Å². The van der Waals surface area contributed by atoms with Crippen LogP contribution in [0.25, 0.3) is 0 Å². The molecule has 2 fully saturated rings. The molecule has 1 aliphatic carbocycles. The molecule has 0 aromatic heterocycles. The Morgan fingerprint density at radius 3 is 2.28 bits per heavy atom. The van der Waals surface area contributed by atoms with Crippen LogP contribution < -0.4 is 10.6 Å². The summed E-state index contributed by atoms with van der Waals surface area (Å²) in [6.07, 6.45) is 4.45. The maximum absolute atomic E-state index is 12.6. The number of benzene rings is 1. The zero-order chi connectivity index (χ0) is 20.6. The molecular weight excluding hydrogens is 368 g/mol. The van der Waals surface area contributed by atoms with Crippen molar-refractivity contribution in [2.24, 2.45) is 5.92 Å². The molecule has 0 unspecified atom stereocenters. The van der Waals surface area contributed by atoms with Crippen molar-refractivity contribution >= 4 is 17.7 Å². The molecule has 3 amide bonds. The highest BCUT2D eigenvalue weighted by Crippen LogP contribution is 2.24. The minimum Gasteiger partial charge on any atom is -0.355 e. The van der Waals surface area contributed by atoms with Crippen LogP contribution in [0.2, 0.25) is 0 Å². The van der Waals surface area contributed by atoms with Crippen LogP contribution in [0.3, 0.4) is 0 Å². The molecule has 1 saturated heterocycles. The highest BCUT2D eigenvalue weighted by molar-refractivity contribution is 5.94. The van der Waals surface area contributed by atoms with Gasteiger partial charge in [0.25, 0.3) is 5.91 Å². The first-order valence-corrected chi connectivity index (χ1v) is 10.6. The van der Waals surface area contributed by atoms with Crippen LogP contribution in [-0.4, -0.2) is 67.3 Å². The Bertz CT molecular complexity index is 705. The molecule has 7 nitrogen and oxygen atoms in total. The first kappa shape index (κ1) is 21.3. The van der Waals surface area contributed by atoms with Crippen LogP contribution in [0.5, 0.6) is 0 Å². The summed E-state index contributed by atoms with van der Waals surface area (Å²) in [5.74, 6) is 0.182. The summed E-state index contributed by atoms with van der Waals surface area (Å²) < 4.78 is 0. The summed E-state index contributed by atoms with van der Waals surface area (Å²) in [5.41, 5.74) is 1.63. The maximum atomic E-state index is 12.6. The average Bonchev–Trinajstić information content (AvgIpc) is 3.28. The van der Waals surface area contributed by atoms with Crippen molar-refractivity contribution in [2.75, 3.05) is 39.8 Å². The van der Waals surface area contributed by atoms with Crippen molar-refractivity contribution in [1.82, 2.24) is 20.4 Å². The molecule has 1 aliphatic heterocycles. The minimum atomic E-state index is -0.0886. The van der Waals surface area contributed by atoms with Crippen LogP contribution in [0.1, 0.15) is 48.0 Å². The summed E-state index contributed by atoms with van der Waals surface area (Å²) in [4.78, 5) is 40.6. The van der Waals surface area contributed by atoms with Gasteiger partial charge in [-0.05, 0) is 37.6 Å². The van der Waals surface area contributed by atoms with Gasteiger partial charge in [0.05, 0.1) is 0 Å². The number of nitrogens with one attached hydrogen (secondary N) is 2. The molecule has 1 heterocycles. The molecule has 7 heteroatoms. The lowest BCUT2D eigenvalue weighted by atomic mass is 10.1. The monoisotopic (exact) mass is 400 g/mol. The number of carbonyl (C=O) groups is 3. The zero-order valence-electron chi connectivity index (χ0n) is 17.3. The van der Waals surface area contributed by atoms with Crippen molar-refractivity contribution in [2.45, 2.75) is 38.6 Å². The highest BCUT2D eigenvalue weighted by atomic mass is 16.2. The summed E-state index contributed by atoms with van der Waals surface area (Å²) in [5, 5.41) is 5.73. The fourth-order valence-corrected chi connectivity index (χ4v) is 3.88. The summed E-state index contributed by atoms with van der Waals surface area (Å²) in [7, 11) is 2.06. The average molecular weight is 401 g/mol. The van der Waals surface area contributed by atoms with Crippen molar-refractivity contribution < 1.29 is 14.4 Å². The number of carbonyl (C=O) groups excluding carboxylic acids is 3. The van der Waals surface area contributed by atoms with Gasteiger partial charge in [-0.2, -0.15) is 0 Å².